The van der Waals surface area contributed by atoms with Gasteiger partial charge in [-0.25, -0.2) is 4.68 Å². The van der Waals surface area contributed by atoms with Crippen LogP contribution in [0.4, 0.5) is 5.69 Å². The van der Waals surface area contributed by atoms with Crippen LogP contribution in [-0.4, -0.2) is 26.0 Å². The Morgan fingerprint density at radius 2 is 2.12 bits per heavy atom. The standard InChI is InChI=1S/C15H13Cl2N5OS2/c1-8(14(23)19-10-5-2-4-9(16)12(10)17)25-15-21-20-13(22(15)18)11-6-3-7-24-11/h2-8H,18H2,1H3,(H,19,23). The number of amides is 1. The van der Waals surface area contributed by atoms with Gasteiger partial charge in [0.15, 0.2) is 5.82 Å². The maximum atomic E-state index is 12.4. The van der Waals surface area contributed by atoms with E-state index in [0.717, 1.165) is 4.88 Å². The molecule has 0 aliphatic rings. The number of aromatic nitrogens is 3. The van der Waals surface area contributed by atoms with Gasteiger partial charge in [0.25, 0.3) is 0 Å². The summed E-state index contributed by atoms with van der Waals surface area (Å²) in [6.45, 7) is 1.75. The Morgan fingerprint density at radius 1 is 1.32 bits per heavy atom. The van der Waals surface area contributed by atoms with E-state index in [4.69, 9.17) is 29.0 Å². The molecule has 2 heterocycles. The summed E-state index contributed by atoms with van der Waals surface area (Å²) in [6, 6.07) is 8.87. The normalized spacial score (nSPS) is 12.1. The van der Waals surface area contributed by atoms with Crippen molar-refractivity contribution in [1.82, 2.24) is 14.9 Å². The van der Waals surface area contributed by atoms with Gasteiger partial charge >= 0.3 is 0 Å². The minimum atomic E-state index is -0.460. The molecule has 2 aromatic heterocycles. The molecule has 6 nitrogen and oxygen atoms in total. The van der Waals surface area contributed by atoms with Crippen molar-refractivity contribution in [3.05, 3.63) is 45.8 Å². The molecule has 130 valence electrons. The topological polar surface area (TPSA) is 85.8 Å². The quantitative estimate of drug-likeness (QED) is 0.484. The van der Waals surface area contributed by atoms with E-state index in [2.05, 4.69) is 15.5 Å². The number of halogens is 2. The van der Waals surface area contributed by atoms with Crippen molar-refractivity contribution in [2.24, 2.45) is 0 Å². The molecular formula is C15H13Cl2N5OS2. The number of nitrogens with two attached hydrogens (primary N) is 1. The lowest BCUT2D eigenvalue weighted by atomic mass is 10.3. The second-order valence-corrected chi connectivity index (χ2v) is 8.05. The van der Waals surface area contributed by atoms with Gasteiger partial charge in [-0.05, 0) is 30.5 Å². The highest BCUT2D eigenvalue weighted by atomic mass is 35.5. The summed E-state index contributed by atoms with van der Waals surface area (Å²) in [5, 5.41) is 13.5. The van der Waals surface area contributed by atoms with Crippen molar-refractivity contribution in [3.8, 4) is 10.7 Å². The molecule has 1 atom stereocenters. The van der Waals surface area contributed by atoms with Crippen LogP contribution in [0.15, 0.2) is 40.9 Å². The van der Waals surface area contributed by atoms with Crippen LogP contribution in [0, 0.1) is 0 Å². The number of carbonyl (C=O) groups is 1. The molecule has 0 spiro atoms. The third kappa shape index (κ3) is 3.92. The third-order valence-corrected chi connectivity index (χ3v) is 6.01. The molecule has 0 saturated carbocycles. The molecule has 0 bridgehead atoms. The van der Waals surface area contributed by atoms with Crippen molar-refractivity contribution < 1.29 is 4.79 Å². The summed E-state index contributed by atoms with van der Waals surface area (Å²) in [5.41, 5.74) is 0.458. The monoisotopic (exact) mass is 413 g/mol. The van der Waals surface area contributed by atoms with Crippen LogP contribution in [0.1, 0.15) is 6.92 Å². The third-order valence-electron chi connectivity index (χ3n) is 3.27. The maximum absolute atomic E-state index is 12.4. The lowest BCUT2D eigenvalue weighted by Gasteiger charge is -2.12. The summed E-state index contributed by atoms with van der Waals surface area (Å²) in [7, 11) is 0. The average molecular weight is 414 g/mol. The van der Waals surface area contributed by atoms with Crippen molar-refractivity contribution in [2.45, 2.75) is 17.3 Å². The van der Waals surface area contributed by atoms with E-state index in [-0.39, 0.29) is 5.91 Å². The van der Waals surface area contributed by atoms with Crippen LogP contribution < -0.4 is 11.2 Å². The summed E-state index contributed by atoms with van der Waals surface area (Å²) < 4.78 is 1.38. The number of rotatable bonds is 5. The predicted octanol–water partition coefficient (Wildman–Crippen LogP) is 4.15. The Balaban J connectivity index is 1.71. The SMILES string of the molecule is CC(Sc1nnc(-c2cccs2)n1N)C(=O)Nc1cccc(Cl)c1Cl. The molecule has 0 aliphatic carbocycles. The van der Waals surface area contributed by atoms with Crippen LogP contribution in [0.25, 0.3) is 10.7 Å². The van der Waals surface area contributed by atoms with Crippen molar-refractivity contribution >= 4 is 57.9 Å². The first-order valence-electron chi connectivity index (χ1n) is 7.13. The molecule has 1 unspecified atom stereocenters. The highest BCUT2D eigenvalue weighted by Gasteiger charge is 2.21. The van der Waals surface area contributed by atoms with Gasteiger partial charge in [-0.15, -0.1) is 21.5 Å². The fourth-order valence-corrected chi connectivity index (χ4v) is 3.80. The molecule has 10 heteroatoms. The largest absolute Gasteiger partial charge is 0.335 e. The number of carbonyl (C=O) groups excluding carboxylic acids is 1. The highest BCUT2D eigenvalue weighted by molar-refractivity contribution is 8.00. The number of nitrogens with zero attached hydrogens (tertiary/aromatic N) is 3. The number of nitrogens with one attached hydrogen (secondary N) is 1. The number of anilines is 1. The summed E-state index contributed by atoms with van der Waals surface area (Å²) >= 11 is 14.8. The first-order chi connectivity index (χ1) is 12.0. The minimum absolute atomic E-state index is 0.241. The first-order valence-corrected chi connectivity index (χ1v) is 9.64. The first kappa shape index (κ1) is 18.1. The number of hydrogen-bond acceptors (Lipinski definition) is 6. The minimum Gasteiger partial charge on any atom is -0.335 e. The van der Waals surface area contributed by atoms with Gasteiger partial charge in [-0.2, -0.15) is 0 Å². The Labute approximate surface area is 162 Å². The Bertz CT molecular complexity index is 897. The van der Waals surface area contributed by atoms with Crippen molar-refractivity contribution in [3.63, 3.8) is 0 Å². The molecular weight excluding hydrogens is 401 g/mol. The summed E-state index contributed by atoms with van der Waals surface area (Å²) in [5.74, 6) is 6.36. The molecule has 0 radical (unpaired) electrons. The Morgan fingerprint density at radius 3 is 2.84 bits per heavy atom. The number of benzene rings is 1. The van der Waals surface area contributed by atoms with Gasteiger partial charge in [0.2, 0.25) is 11.1 Å². The van der Waals surface area contributed by atoms with Crippen LogP contribution in [0.2, 0.25) is 10.0 Å². The molecule has 0 fully saturated rings. The van der Waals surface area contributed by atoms with Crippen LogP contribution in [0.5, 0.6) is 0 Å². The van der Waals surface area contributed by atoms with Crippen LogP contribution in [0.3, 0.4) is 0 Å². The van der Waals surface area contributed by atoms with Gasteiger partial charge in [0.1, 0.15) is 0 Å². The molecule has 0 saturated heterocycles. The zero-order valence-electron chi connectivity index (χ0n) is 12.9. The highest BCUT2D eigenvalue weighted by Crippen LogP contribution is 2.31. The lowest BCUT2D eigenvalue weighted by molar-refractivity contribution is -0.115. The number of hydrogen-bond donors (Lipinski definition) is 2. The van der Waals surface area contributed by atoms with Gasteiger partial charge in [0, 0.05) is 0 Å². The van der Waals surface area contributed by atoms with Gasteiger partial charge < -0.3 is 11.2 Å². The molecule has 0 aliphatic heterocycles. The summed E-state index contributed by atoms with van der Waals surface area (Å²) in [6.07, 6.45) is 0. The second-order valence-electron chi connectivity index (χ2n) is 5.00. The predicted molar refractivity (Wildman–Crippen MR) is 104 cm³/mol. The number of nitrogen functional groups attached to an aromatic ring is 1. The van der Waals surface area contributed by atoms with Gasteiger partial charge in [0.05, 0.1) is 25.9 Å². The molecule has 25 heavy (non-hydrogen) atoms. The average Bonchev–Trinajstić information content (AvgIpc) is 3.22. The zero-order valence-corrected chi connectivity index (χ0v) is 16.1. The van der Waals surface area contributed by atoms with Crippen molar-refractivity contribution in [1.29, 1.82) is 0 Å². The number of thioether (sulfide) groups is 1. The molecule has 1 amide bonds. The van der Waals surface area contributed by atoms with E-state index in [1.165, 1.54) is 27.8 Å². The Hall–Kier alpha value is -1.74. The number of thiophene rings is 1. The van der Waals surface area contributed by atoms with E-state index in [9.17, 15) is 4.79 Å². The van der Waals surface area contributed by atoms with E-state index < -0.39 is 5.25 Å². The van der Waals surface area contributed by atoms with Crippen molar-refractivity contribution in [2.75, 3.05) is 11.2 Å². The van der Waals surface area contributed by atoms with Gasteiger partial charge in [-0.1, -0.05) is 47.1 Å². The molecule has 3 rings (SSSR count). The lowest BCUT2D eigenvalue weighted by Crippen LogP contribution is -2.23. The second kappa shape index (κ2) is 7.65. The van der Waals surface area contributed by atoms with Crippen LogP contribution >= 0.6 is 46.3 Å². The van der Waals surface area contributed by atoms with E-state index in [1.807, 2.05) is 17.5 Å². The summed E-state index contributed by atoms with van der Waals surface area (Å²) in [4.78, 5) is 13.3. The van der Waals surface area contributed by atoms with Crippen LogP contribution in [-0.2, 0) is 4.79 Å². The van der Waals surface area contributed by atoms with E-state index in [1.54, 1.807) is 25.1 Å². The molecule has 1 aromatic carbocycles. The van der Waals surface area contributed by atoms with E-state index in [0.29, 0.717) is 26.7 Å². The Kier molecular flexibility index (Phi) is 5.53. The van der Waals surface area contributed by atoms with Gasteiger partial charge in [-0.3, -0.25) is 4.79 Å². The molecule has 3 aromatic rings. The zero-order chi connectivity index (χ0) is 18.0. The fourth-order valence-electron chi connectivity index (χ4n) is 1.98. The maximum Gasteiger partial charge on any atom is 0.237 e. The smallest absolute Gasteiger partial charge is 0.237 e. The molecule has 3 N–H and O–H groups in total. The van der Waals surface area contributed by atoms with E-state index >= 15 is 0 Å². The fraction of sp³-hybridized carbons (Fsp3) is 0.133.